The minimum Gasteiger partial charge on any atom is -0.478 e. The van der Waals surface area contributed by atoms with Crippen molar-refractivity contribution in [1.29, 1.82) is 0 Å². The number of carboxylic acids is 1. The number of carbonyl (C=O) groups excluding carboxylic acids is 1. The average Bonchev–Trinajstić information content (AvgIpc) is 3.31. The minimum atomic E-state index is -0.939. The monoisotopic (exact) mass is 602 g/mol. The summed E-state index contributed by atoms with van der Waals surface area (Å²) in [4.78, 5) is 31.0. The van der Waals surface area contributed by atoms with Crippen LogP contribution in [0.15, 0.2) is 60.7 Å². The van der Waals surface area contributed by atoms with E-state index in [0.29, 0.717) is 19.0 Å². The lowest BCUT2D eigenvalue weighted by molar-refractivity contribution is -0.119. The van der Waals surface area contributed by atoms with Crippen molar-refractivity contribution in [2.24, 2.45) is 0 Å². The molecule has 0 saturated carbocycles. The number of benzene rings is 3. The van der Waals surface area contributed by atoms with Crippen LogP contribution in [0.4, 0.5) is 0 Å². The van der Waals surface area contributed by atoms with E-state index in [1.165, 1.54) is 22.3 Å². The van der Waals surface area contributed by atoms with Gasteiger partial charge in [0.15, 0.2) is 0 Å². The Hall–Kier alpha value is -3.72. The fourth-order valence-electron chi connectivity index (χ4n) is 5.59. The molecule has 43 heavy (non-hydrogen) atoms. The summed E-state index contributed by atoms with van der Waals surface area (Å²) in [5, 5.41) is 10.2. The third-order valence-electron chi connectivity index (χ3n) is 8.34. The van der Waals surface area contributed by atoms with Crippen molar-refractivity contribution in [2.45, 2.75) is 52.3 Å². The summed E-state index contributed by atoms with van der Waals surface area (Å²) in [5.41, 5.74) is 6.91. The topological polar surface area (TPSA) is 87.9 Å². The van der Waals surface area contributed by atoms with Gasteiger partial charge in [-0.2, -0.15) is 0 Å². The highest BCUT2D eigenvalue weighted by molar-refractivity contribution is 6.31. The highest BCUT2D eigenvalue weighted by Gasteiger charge is 2.24. The van der Waals surface area contributed by atoms with E-state index in [-0.39, 0.29) is 11.7 Å². The largest absolute Gasteiger partial charge is 0.478 e. The standard InChI is InChI=1S/C18H22N4O4.C16H17Cl/c23-12-21-6-4-20(5-7-21)11-17-19-15-2-1-13(18(24)25)9-16(15)22(17)10-14-3-8-26-14;1-11-5-4-6-14(9-11)13(3)15-8-7-12(2)10-16(15)17/h1-2,9,12,14H,3-8,10-11H2,(H,24,25);4-10,13H,1-3H3. The number of aromatic nitrogens is 2. The molecule has 8 nitrogen and oxygen atoms in total. The summed E-state index contributed by atoms with van der Waals surface area (Å²) in [5.74, 6) is 0.312. The molecule has 3 heterocycles. The zero-order chi connectivity index (χ0) is 30.5. The van der Waals surface area contributed by atoms with Gasteiger partial charge in [-0.25, -0.2) is 9.78 Å². The van der Waals surface area contributed by atoms with Crippen molar-refractivity contribution in [3.05, 3.63) is 99.3 Å². The highest BCUT2D eigenvalue weighted by atomic mass is 35.5. The number of halogens is 1. The first-order valence-corrected chi connectivity index (χ1v) is 15.2. The Morgan fingerprint density at radius 1 is 1.07 bits per heavy atom. The van der Waals surface area contributed by atoms with Crippen LogP contribution < -0.4 is 0 Å². The number of hydrogen-bond acceptors (Lipinski definition) is 5. The molecule has 1 aromatic heterocycles. The van der Waals surface area contributed by atoms with Crippen LogP contribution in [-0.2, 0) is 22.6 Å². The van der Waals surface area contributed by atoms with E-state index in [0.717, 1.165) is 67.5 Å². The van der Waals surface area contributed by atoms with Crippen LogP contribution in [0.5, 0.6) is 0 Å². The van der Waals surface area contributed by atoms with Crippen molar-refractivity contribution in [3.63, 3.8) is 0 Å². The van der Waals surface area contributed by atoms with Crippen molar-refractivity contribution in [3.8, 4) is 0 Å². The van der Waals surface area contributed by atoms with Crippen LogP contribution >= 0.6 is 11.6 Å². The Morgan fingerprint density at radius 3 is 2.44 bits per heavy atom. The van der Waals surface area contributed by atoms with Gasteiger partial charge >= 0.3 is 5.97 Å². The normalized spacial score (nSPS) is 17.6. The molecule has 2 aliphatic rings. The molecule has 1 amide bonds. The quantitative estimate of drug-likeness (QED) is 0.252. The fourth-order valence-corrected chi connectivity index (χ4v) is 5.99. The van der Waals surface area contributed by atoms with Gasteiger partial charge in [0, 0.05) is 43.7 Å². The molecule has 2 fully saturated rings. The van der Waals surface area contributed by atoms with E-state index < -0.39 is 5.97 Å². The van der Waals surface area contributed by atoms with Crippen molar-refractivity contribution in [2.75, 3.05) is 32.8 Å². The molecular formula is C34H39ClN4O4. The van der Waals surface area contributed by atoms with Crippen LogP contribution in [0, 0.1) is 13.8 Å². The number of fused-ring (bicyclic) bond motifs is 1. The van der Waals surface area contributed by atoms with Crippen LogP contribution in [-0.4, -0.2) is 75.7 Å². The maximum atomic E-state index is 11.3. The SMILES string of the molecule is Cc1cccc(C(C)c2ccc(C)cc2Cl)c1.O=CN1CCN(Cc2nc3ccc(C(=O)O)cc3n2CC2CCO2)CC1. The smallest absolute Gasteiger partial charge is 0.335 e. The van der Waals surface area contributed by atoms with Gasteiger partial charge in [-0.05, 0) is 61.2 Å². The van der Waals surface area contributed by atoms with Crippen LogP contribution in [0.25, 0.3) is 11.0 Å². The zero-order valence-corrected chi connectivity index (χ0v) is 25.8. The molecule has 9 heteroatoms. The number of rotatable bonds is 8. The Kier molecular flexibility index (Phi) is 9.80. The molecule has 0 aliphatic carbocycles. The molecule has 0 spiro atoms. The molecule has 6 rings (SSSR count). The number of aromatic carboxylic acids is 1. The molecule has 2 aliphatic heterocycles. The zero-order valence-electron chi connectivity index (χ0n) is 25.0. The summed E-state index contributed by atoms with van der Waals surface area (Å²) in [7, 11) is 0. The van der Waals surface area contributed by atoms with Crippen LogP contribution in [0.2, 0.25) is 5.02 Å². The average molecular weight is 603 g/mol. The third-order valence-corrected chi connectivity index (χ3v) is 8.67. The molecule has 2 atom stereocenters. The number of aryl methyl sites for hydroxylation is 2. The maximum absolute atomic E-state index is 11.3. The van der Waals surface area contributed by atoms with Crippen LogP contribution in [0.1, 0.15) is 57.7 Å². The number of carbonyl (C=O) groups is 2. The lowest BCUT2D eigenvalue weighted by Crippen LogP contribution is -2.45. The van der Waals surface area contributed by atoms with Crippen molar-refractivity contribution < 1.29 is 19.4 Å². The van der Waals surface area contributed by atoms with E-state index in [1.54, 1.807) is 23.1 Å². The van der Waals surface area contributed by atoms with Gasteiger partial charge in [-0.1, -0.05) is 60.5 Å². The second kappa shape index (κ2) is 13.7. The predicted molar refractivity (Wildman–Crippen MR) is 169 cm³/mol. The Labute approximate surface area is 257 Å². The number of amides is 1. The van der Waals surface area contributed by atoms with E-state index in [2.05, 4.69) is 66.6 Å². The van der Waals surface area contributed by atoms with Crippen molar-refractivity contribution >= 4 is 35.0 Å². The Balaban J connectivity index is 0.000000188. The van der Waals surface area contributed by atoms with Gasteiger partial charge in [-0.15, -0.1) is 0 Å². The molecular weight excluding hydrogens is 564 g/mol. The first kappa shape index (κ1) is 30.7. The molecule has 0 radical (unpaired) electrons. The van der Waals surface area contributed by atoms with E-state index in [1.807, 2.05) is 6.07 Å². The summed E-state index contributed by atoms with van der Waals surface area (Å²) >= 11 is 6.31. The van der Waals surface area contributed by atoms with Crippen molar-refractivity contribution in [1.82, 2.24) is 19.4 Å². The molecule has 0 bridgehead atoms. The summed E-state index contributed by atoms with van der Waals surface area (Å²) in [6, 6.07) is 19.9. The van der Waals surface area contributed by atoms with E-state index >= 15 is 0 Å². The summed E-state index contributed by atoms with van der Waals surface area (Å²) < 4.78 is 7.68. The molecule has 2 saturated heterocycles. The van der Waals surface area contributed by atoms with Crippen LogP contribution in [0.3, 0.4) is 0 Å². The van der Waals surface area contributed by atoms with Gasteiger partial charge in [0.2, 0.25) is 6.41 Å². The number of carboxylic acid groups (broad SMARTS) is 1. The van der Waals surface area contributed by atoms with Gasteiger partial charge in [0.05, 0.1) is 35.8 Å². The molecule has 4 aromatic rings. The van der Waals surface area contributed by atoms with Gasteiger partial charge in [0.25, 0.3) is 0 Å². The first-order valence-electron chi connectivity index (χ1n) is 14.8. The first-order chi connectivity index (χ1) is 20.7. The van der Waals surface area contributed by atoms with Gasteiger partial charge in [-0.3, -0.25) is 9.69 Å². The lowest BCUT2D eigenvalue weighted by atomic mass is 9.92. The Bertz CT molecular complexity index is 1590. The van der Waals surface area contributed by atoms with E-state index in [9.17, 15) is 14.7 Å². The fraction of sp³-hybridized carbons (Fsp3) is 0.382. The summed E-state index contributed by atoms with van der Waals surface area (Å²) in [6.07, 6.45) is 2.07. The predicted octanol–water partition coefficient (Wildman–Crippen LogP) is 5.91. The van der Waals surface area contributed by atoms with E-state index in [4.69, 9.17) is 21.3 Å². The number of nitrogens with zero attached hydrogens (tertiary/aromatic N) is 4. The number of imidazole rings is 1. The lowest BCUT2D eigenvalue weighted by Gasteiger charge is -2.33. The second-order valence-corrected chi connectivity index (χ2v) is 11.9. The Morgan fingerprint density at radius 2 is 1.81 bits per heavy atom. The number of ether oxygens (including phenoxy) is 1. The second-order valence-electron chi connectivity index (χ2n) is 11.5. The number of hydrogen-bond donors (Lipinski definition) is 1. The van der Waals surface area contributed by atoms with Gasteiger partial charge < -0.3 is 19.3 Å². The molecule has 1 N–H and O–H groups in total. The highest BCUT2D eigenvalue weighted by Crippen LogP contribution is 2.31. The number of piperazine rings is 1. The molecule has 3 aromatic carbocycles. The maximum Gasteiger partial charge on any atom is 0.335 e. The third kappa shape index (κ3) is 7.44. The minimum absolute atomic E-state index is 0.159. The summed E-state index contributed by atoms with van der Waals surface area (Å²) in [6.45, 7) is 11.6. The molecule has 2 unspecified atom stereocenters. The van der Waals surface area contributed by atoms with Gasteiger partial charge in [0.1, 0.15) is 5.82 Å². The molecule has 226 valence electrons.